The van der Waals surface area contributed by atoms with Gasteiger partial charge in [0.15, 0.2) is 0 Å². The molecule has 0 aliphatic rings. The maximum absolute atomic E-state index is 10.8. The first-order chi connectivity index (χ1) is 8.73. The Labute approximate surface area is 127 Å². The van der Waals surface area contributed by atoms with Crippen molar-refractivity contribution in [3.05, 3.63) is 35.4 Å². The molecule has 0 bridgehead atoms. The molecule has 0 saturated carbocycles. The van der Waals surface area contributed by atoms with Crippen LogP contribution in [0.15, 0.2) is 24.3 Å². The number of benzene rings is 1. The van der Waals surface area contributed by atoms with Gasteiger partial charge in [0.05, 0.1) is 5.92 Å². The molecule has 1 radical (unpaired) electrons. The van der Waals surface area contributed by atoms with Crippen LogP contribution in [0.2, 0.25) is 9.88 Å². The van der Waals surface area contributed by atoms with Gasteiger partial charge in [0.2, 0.25) is 0 Å². The van der Waals surface area contributed by atoms with Crippen molar-refractivity contribution in [2.75, 3.05) is 0 Å². The van der Waals surface area contributed by atoms with Crippen LogP contribution in [0.5, 0.6) is 0 Å². The number of hydrogen-bond acceptors (Lipinski definition) is 1. The van der Waals surface area contributed by atoms with Crippen LogP contribution >= 0.6 is 8.92 Å². The summed E-state index contributed by atoms with van der Waals surface area (Å²) in [6.07, 6.45) is 1.04. The molecule has 1 atom stereocenters. The Morgan fingerprint density at radius 3 is 1.95 bits per heavy atom. The summed E-state index contributed by atoms with van der Waals surface area (Å²) in [5.41, 5.74) is 2.14. The van der Waals surface area contributed by atoms with Crippen molar-refractivity contribution in [3.8, 4) is 0 Å². The SMILES string of the molecule is CC(C)Cc1ccc(C(C)C(=O)O)cc1.[CH3][Sn]([CH3])[Cl]. The Kier molecular flexibility index (Phi) is 9.53. The van der Waals surface area contributed by atoms with E-state index < -0.39 is 30.5 Å². The Balaban J connectivity index is 0.000000711. The van der Waals surface area contributed by atoms with Crippen molar-refractivity contribution >= 4 is 33.5 Å². The molecule has 1 rings (SSSR count). The average Bonchev–Trinajstić information content (AvgIpc) is 2.27. The molecular formula is C15H24ClO2Sn. The number of aliphatic carboxylic acids is 1. The number of carboxylic acid groups (broad SMARTS) is 1. The van der Waals surface area contributed by atoms with Crippen molar-refractivity contribution < 1.29 is 9.90 Å². The van der Waals surface area contributed by atoms with Gasteiger partial charge in [-0.2, -0.15) is 0 Å². The van der Waals surface area contributed by atoms with Crippen LogP contribution in [-0.4, -0.2) is 29.7 Å². The summed E-state index contributed by atoms with van der Waals surface area (Å²) in [6.45, 7) is 6.06. The van der Waals surface area contributed by atoms with Gasteiger partial charge in [-0.1, -0.05) is 38.1 Å². The van der Waals surface area contributed by atoms with E-state index in [0.717, 1.165) is 12.0 Å². The molecule has 0 fully saturated rings. The van der Waals surface area contributed by atoms with Crippen molar-refractivity contribution in [1.29, 1.82) is 0 Å². The van der Waals surface area contributed by atoms with Gasteiger partial charge in [-0.3, -0.25) is 4.79 Å². The van der Waals surface area contributed by atoms with Crippen LogP contribution < -0.4 is 0 Å². The van der Waals surface area contributed by atoms with Gasteiger partial charge < -0.3 is 5.11 Å². The van der Waals surface area contributed by atoms with Gasteiger partial charge in [-0.05, 0) is 30.4 Å². The second kappa shape index (κ2) is 9.65. The van der Waals surface area contributed by atoms with Crippen LogP contribution in [0, 0.1) is 5.92 Å². The van der Waals surface area contributed by atoms with Crippen LogP contribution in [0.25, 0.3) is 0 Å². The summed E-state index contributed by atoms with van der Waals surface area (Å²) in [5.74, 6) is -0.558. The third kappa shape index (κ3) is 9.33. The van der Waals surface area contributed by atoms with E-state index in [9.17, 15) is 4.79 Å². The van der Waals surface area contributed by atoms with Crippen molar-refractivity contribution in [2.45, 2.75) is 43.0 Å². The Hall–Kier alpha value is -0.221. The van der Waals surface area contributed by atoms with Gasteiger partial charge >= 0.3 is 43.4 Å². The maximum atomic E-state index is 10.8. The average molecular weight is 391 g/mol. The molecule has 107 valence electrons. The number of hydrogen-bond donors (Lipinski definition) is 1. The van der Waals surface area contributed by atoms with Crippen molar-refractivity contribution in [1.82, 2.24) is 0 Å². The van der Waals surface area contributed by atoms with Crippen molar-refractivity contribution in [2.24, 2.45) is 5.92 Å². The summed E-state index contributed by atoms with van der Waals surface area (Å²) in [6, 6.07) is 7.87. The van der Waals surface area contributed by atoms with E-state index in [0.29, 0.717) is 5.92 Å². The molecule has 0 amide bonds. The van der Waals surface area contributed by atoms with E-state index in [1.807, 2.05) is 24.3 Å². The molecule has 0 heterocycles. The van der Waals surface area contributed by atoms with E-state index >= 15 is 0 Å². The minimum atomic E-state index is -1.07. The first kappa shape index (κ1) is 18.8. The standard InChI is InChI=1S/C13H18O2.2CH3.ClH.Sn/c1-9(2)8-11-4-6-12(7-5-11)10(3)13(14)15;;;;/h4-7,9-10H,8H2,1-3H3,(H,14,15);2*1H3;1H;/q;;;;+1/p-1. The molecule has 1 unspecified atom stereocenters. The zero-order chi connectivity index (χ0) is 15.0. The summed E-state index contributed by atoms with van der Waals surface area (Å²) in [5, 5.41) is 8.85. The van der Waals surface area contributed by atoms with E-state index in [1.54, 1.807) is 6.92 Å². The fourth-order valence-electron chi connectivity index (χ4n) is 1.56. The molecule has 2 nitrogen and oxygen atoms in total. The predicted molar refractivity (Wildman–Crippen MR) is 84.4 cm³/mol. The van der Waals surface area contributed by atoms with Crippen LogP contribution in [0.1, 0.15) is 37.8 Å². The first-order valence-corrected chi connectivity index (χ1v) is 15.8. The first-order valence-electron chi connectivity index (χ1n) is 6.51. The van der Waals surface area contributed by atoms with Crippen LogP contribution in [0.3, 0.4) is 0 Å². The molecule has 1 aromatic rings. The number of carbonyl (C=O) groups is 1. The molecule has 19 heavy (non-hydrogen) atoms. The summed E-state index contributed by atoms with van der Waals surface area (Å²) < 4.78 is 0. The number of halogens is 1. The predicted octanol–water partition coefficient (Wildman–Crippen LogP) is 4.55. The third-order valence-electron chi connectivity index (χ3n) is 2.49. The Morgan fingerprint density at radius 2 is 1.63 bits per heavy atom. The zero-order valence-electron chi connectivity index (χ0n) is 12.4. The fraction of sp³-hybridized carbons (Fsp3) is 0.533. The molecular weight excluding hydrogens is 366 g/mol. The number of carboxylic acids is 1. The molecule has 0 saturated heterocycles. The summed E-state index contributed by atoms with van der Waals surface area (Å²) in [4.78, 5) is 15.0. The van der Waals surface area contributed by atoms with Gasteiger partial charge in [0.25, 0.3) is 0 Å². The molecule has 0 aromatic heterocycles. The van der Waals surface area contributed by atoms with E-state index in [1.165, 1.54) is 5.56 Å². The Bertz CT molecular complexity index is 371. The third-order valence-corrected chi connectivity index (χ3v) is 2.49. The van der Waals surface area contributed by atoms with Gasteiger partial charge in [0, 0.05) is 0 Å². The second-order valence-electron chi connectivity index (χ2n) is 5.28. The van der Waals surface area contributed by atoms with E-state index in [-0.39, 0.29) is 0 Å². The minimum absolute atomic E-state index is 0.418. The molecule has 1 N–H and O–H groups in total. The molecule has 0 spiro atoms. The molecule has 0 aliphatic carbocycles. The number of rotatable bonds is 4. The Morgan fingerprint density at radius 1 is 1.21 bits per heavy atom. The normalized spacial score (nSPS) is 12.0. The summed E-state index contributed by atoms with van der Waals surface area (Å²) in [7, 11) is 5.47. The van der Waals surface area contributed by atoms with Crippen LogP contribution in [0.4, 0.5) is 0 Å². The molecule has 4 heteroatoms. The van der Waals surface area contributed by atoms with Crippen LogP contribution in [-0.2, 0) is 11.2 Å². The van der Waals surface area contributed by atoms with Gasteiger partial charge in [0.1, 0.15) is 0 Å². The topological polar surface area (TPSA) is 37.3 Å². The monoisotopic (exact) mass is 391 g/mol. The van der Waals surface area contributed by atoms with E-state index in [4.69, 9.17) is 14.0 Å². The van der Waals surface area contributed by atoms with Gasteiger partial charge in [-0.25, -0.2) is 0 Å². The van der Waals surface area contributed by atoms with Crippen molar-refractivity contribution in [3.63, 3.8) is 0 Å². The second-order valence-corrected chi connectivity index (χ2v) is 15.4. The molecule has 1 aromatic carbocycles. The summed E-state index contributed by atoms with van der Waals surface area (Å²) >= 11 is -1.07. The molecule has 0 aliphatic heterocycles. The van der Waals surface area contributed by atoms with Gasteiger partial charge in [-0.15, -0.1) is 0 Å². The zero-order valence-corrected chi connectivity index (χ0v) is 16.0. The fourth-order valence-corrected chi connectivity index (χ4v) is 1.56. The van der Waals surface area contributed by atoms with E-state index in [2.05, 4.69) is 23.7 Å². The quantitative estimate of drug-likeness (QED) is 0.766.